The number of carbonyl (C=O) groups excluding carboxylic acids is 2. The van der Waals surface area contributed by atoms with Gasteiger partial charge in [-0.25, -0.2) is 0 Å². The number of amides is 2. The fourth-order valence-corrected chi connectivity index (χ4v) is 4.46. The van der Waals surface area contributed by atoms with E-state index in [1.807, 2.05) is 53.4 Å². The Balaban J connectivity index is 1.36. The summed E-state index contributed by atoms with van der Waals surface area (Å²) in [6.07, 6.45) is 0. The van der Waals surface area contributed by atoms with Crippen molar-refractivity contribution in [1.29, 1.82) is 0 Å². The number of piperazine rings is 1. The van der Waals surface area contributed by atoms with Crippen LogP contribution in [0.5, 0.6) is 5.75 Å². The fourth-order valence-electron chi connectivity index (χ4n) is 4.34. The van der Waals surface area contributed by atoms with Gasteiger partial charge in [0, 0.05) is 53.4 Å². The number of benzene rings is 3. The topological polar surface area (TPSA) is 77.7 Å². The number of aromatic amines is 1. The molecule has 2 amide bonds. The van der Waals surface area contributed by atoms with Crippen molar-refractivity contribution >= 4 is 45.7 Å². The molecule has 35 heavy (non-hydrogen) atoms. The lowest BCUT2D eigenvalue weighted by Gasteiger charge is -2.36. The van der Waals surface area contributed by atoms with Crippen LogP contribution in [-0.4, -0.2) is 55.0 Å². The molecule has 0 atom stereocenters. The summed E-state index contributed by atoms with van der Waals surface area (Å²) in [5.74, 6) is 0.376. The van der Waals surface area contributed by atoms with Crippen molar-refractivity contribution in [2.75, 3.05) is 43.5 Å². The van der Waals surface area contributed by atoms with Gasteiger partial charge in [0.1, 0.15) is 11.4 Å². The number of ether oxygens (including phenoxy) is 1. The van der Waals surface area contributed by atoms with Crippen molar-refractivity contribution < 1.29 is 14.3 Å². The van der Waals surface area contributed by atoms with Crippen molar-refractivity contribution in [3.8, 4) is 5.75 Å². The Morgan fingerprint density at radius 1 is 0.914 bits per heavy atom. The average Bonchev–Trinajstić information content (AvgIpc) is 3.27. The molecule has 1 aromatic heterocycles. The van der Waals surface area contributed by atoms with Crippen LogP contribution in [0, 0.1) is 0 Å². The first kappa shape index (κ1) is 22.8. The molecule has 1 aliphatic heterocycles. The van der Waals surface area contributed by atoms with Gasteiger partial charge >= 0.3 is 0 Å². The molecule has 7 nitrogen and oxygen atoms in total. The SMILES string of the molecule is COc1ccc(N2CCN(C(=O)c3[nH]c4ccccc4c3NC(=O)c3ccc(Cl)cc3)CC2)cc1. The van der Waals surface area contributed by atoms with E-state index in [1.54, 1.807) is 31.4 Å². The zero-order valence-corrected chi connectivity index (χ0v) is 20.0. The third-order valence-corrected chi connectivity index (χ3v) is 6.52. The van der Waals surface area contributed by atoms with E-state index in [9.17, 15) is 9.59 Å². The highest BCUT2D eigenvalue weighted by atomic mass is 35.5. The van der Waals surface area contributed by atoms with Crippen molar-refractivity contribution in [2.24, 2.45) is 0 Å². The Bertz CT molecular complexity index is 1360. The van der Waals surface area contributed by atoms with Crippen LogP contribution in [0.2, 0.25) is 5.02 Å². The molecule has 178 valence electrons. The minimum absolute atomic E-state index is 0.137. The molecular formula is C27H25ClN4O3. The zero-order valence-electron chi connectivity index (χ0n) is 19.3. The highest BCUT2D eigenvalue weighted by Crippen LogP contribution is 2.30. The third kappa shape index (κ3) is 4.68. The first-order chi connectivity index (χ1) is 17.0. The van der Waals surface area contributed by atoms with E-state index in [2.05, 4.69) is 15.2 Å². The first-order valence-electron chi connectivity index (χ1n) is 11.4. The van der Waals surface area contributed by atoms with Crippen LogP contribution in [0.25, 0.3) is 10.9 Å². The summed E-state index contributed by atoms with van der Waals surface area (Å²) in [6, 6.07) is 22.1. The molecule has 0 aliphatic carbocycles. The van der Waals surface area contributed by atoms with E-state index in [4.69, 9.17) is 16.3 Å². The van der Waals surface area contributed by atoms with Crippen molar-refractivity contribution in [2.45, 2.75) is 0 Å². The Kier molecular flexibility index (Phi) is 6.33. The van der Waals surface area contributed by atoms with E-state index >= 15 is 0 Å². The number of rotatable bonds is 5. The van der Waals surface area contributed by atoms with E-state index in [0.29, 0.717) is 48.1 Å². The van der Waals surface area contributed by atoms with Crippen molar-refractivity contribution in [1.82, 2.24) is 9.88 Å². The van der Waals surface area contributed by atoms with Gasteiger partial charge in [-0.3, -0.25) is 9.59 Å². The number of aromatic nitrogens is 1. The van der Waals surface area contributed by atoms with Gasteiger partial charge in [-0.1, -0.05) is 29.8 Å². The molecule has 0 spiro atoms. The molecular weight excluding hydrogens is 464 g/mol. The van der Waals surface area contributed by atoms with Crippen LogP contribution in [-0.2, 0) is 0 Å². The lowest BCUT2D eigenvalue weighted by Crippen LogP contribution is -2.49. The predicted octanol–water partition coefficient (Wildman–Crippen LogP) is 5.04. The first-order valence-corrected chi connectivity index (χ1v) is 11.8. The number of nitrogens with zero attached hydrogens (tertiary/aromatic N) is 2. The van der Waals surface area contributed by atoms with Gasteiger partial charge < -0.3 is 24.8 Å². The number of hydrogen-bond acceptors (Lipinski definition) is 4. The van der Waals surface area contributed by atoms with E-state index in [0.717, 1.165) is 22.3 Å². The minimum Gasteiger partial charge on any atom is -0.497 e. The van der Waals surface area contributed by atoms with E-state index in [1.165, 1.54) is 0 Å². The molecule has 0 bridgehead atoms. The Hall–Kier alpha value is -3.97. The molecule has 1 saturated heterocycles. The second-order valence-corrected chi connectivity index (χ2v) is 8.80. The summed E-state index contributed by atoms with van der Waals surface area (Å²) >= 11 is 5.96. The maximum absolute atomic E-state index is 13.6. The molecule has 1 aliphatic rings. The summed E-state index contributed by atoms with van der Waals surface area (Å²) < 4.78 is 5.24. The van der Waals surface area contributed by atoms with Gasteiger partial charge in [0.05, 0.1) is 12.8 Å². The lowest BCUT2D eigenvalue weighted by atomic mass is 10.1. The smallest absolute Gasteiger partial charge is 0.272 e. The summed E-state index contributed by atoms with van der Waals surface area (Å²) in [5, 5.41) is 4.29. The number of hydrogen-bond donors (Lipinski definition) is 2. The Morgan fingerprint density at radius 2 is 1.60 bits per heavy atom. The number of para-hydroxylation sites is 1. The molecule has 4 aromatic rings. The zero-order chi connectivity index (χ0) is 24.4. The number of nitrogens with one attached hydrogen (secondary N) is 2. The van der Waals surface area contributed by atoms with Gasteiger partial charge in [0.2, 0.25) is 0 Å². The van der Waals surface area contributed by atoms with Gasteiger partial charge in [-0.15, -0.1) is 0 Å². The number of halogens is 1. The average molecular weight is 489 g/mol. The summed E-state index contributed by atoms with van der Waals surface area (Å²) in [5.41, 5.74) is 3.22. The quantitative estimate of drug-likeness (QED) is 0.412. The fraction of sp³-hybridized carbons (Fsp3) is 0.185. The maximum atomic E-state index is 13.6. The molecule has 0 saturated carbocycles. The molecule has 2 N–H and O–H groups in total. The van der Waals surface area contributed by atoms with Gasteiger partial charge in [0.15, 0.2) is 0 Å². The number of methoxy groups -OCH3 is 1. The maximum Gasteiger partial charge on any atom is 0.272 e. The predicted molar refractivity (Wildman–Crippen MR) is 139 cm³/mol. The Morgan fingerprint density at radius 3 is 2.29 bits per heavy atom. The third-order valence-electron chi connectivity index (χ3n) is 6.27. The van der Waals surface area contributed by atoms with Crippen LogP contribution in [0.15, 0.2) is 72.8 Å². The lowest BCUT2D eigenvalue weighted by molar-refractivity contribution is 0.0743. The van der Waals surface area contributed by atoms with Gasteiger partial charge in [-0.2, -0.15) is 0 Å². The highest BCUT2D eigenvalue weighted by molar-refractivity contribution is 6.30. The van der Waals surface area contributed by atoms with Gasteiger partial charge in [0.25, 0.3) is 11.8 Å². The van der Waals surface area contributed by atoms with Gasteiger partial charge in [-0.05, 0) is 54.6 Å². The highest BCUT2D eigenvalue weighted by Gasteiger charge is 2.27. The standard InChI is InChI=1S/C27H25ClN4O3/c1-35-21-12-10-20(11-13-21)31-14-16-32(17-15-31)27(34)25-24(22-4-2-3-5-23(22)29-25)30-26(33)18-6-8-19(28)9-7-18/h2-13,29H,14-17H2,1H3,(H,30,33). The van der Waals surface area contributed by atoms with Crippen LogP contribution in [0.3, 0.4) is 0 Å². The van der Waals surface area contributed by atoms with Crippen LogP contribution in [0.4, 0.5) is 11.4 Å². The molecule has 3 aromatic carbocycles. The number of H-pyrrole nitrogens is 1. The summed E-state index contributed by atoms with van der Waals surface area (Å²) in [6.45, 7) is 2.57. The van der Waals surface area contributed by atoms with Crippen molar-refractivity contribution in [3.63, 3.8) is 0 Å². The monoisotopic (exact) mass is 488 g/mol. The molecule has 2 heterocycles. The number of anilines is 2. The largest absolute Gasteiger partial charge is 0.497 e. The van der Waals surface area contributed by atoms with Crippen molar-refractivity contribution in [3.05, 3.63) is 89.1 Å². The summed E-state index contributed by atoms with van der Waals surface area (Å²) in [4.78, 5) is 33.8. The molecule has 0 unspecified atom stereocenters. The van der Waals surface area contributed by atoms with E-state index in [-0.39, 0.29) is 11.8 Å². The van der Waals surface area contributed by atoms with Crippen LogP contribution >= 0.6 is 11.6 Å². The second-order valence-electron chi connectivity index (χ2n) is 8.36. The minimum atomic E-state index is -0.301. The Labute approximate surface area is 208 Å². The number of carbonyl (C=O) groups is 2. The van der Waals surface area contributed by atoms with Crippen LogP contribution in [0.1, 0.15) is 20.8 Å². The normalized spacial score (nSPS) is 13.7. The van der Waals surface area contributed by atoms with Crippen LogP contribution < -0.4 is 15.0 Å². The van der Waals surface area contributed by atoms with E-state index < -0.39 is 0 Å². The second kappa shape index (κ2) is 9.72. The molecule has 0 radical (unpaired) electrons. The molecule has 1 fully saturated rings. The summed E-state index contributed by atoms with van der Waals surface area (Å²) in [7, 11) is 1.65. The number of fused-ring (bicyclic) bond motifs is 1. The molecule has 5 rings (SSSR count). The molecule has 8 heteroatoms.